The molecule has 0 fully saturated rings. The third kappa shape index (κ3) is 7.15. The number of hydrogen-bond acceptors (Lipinski definition) is 1. The van der Waals surface area contributed by atoms with Crippen LogP contribution in [0.2, 0.25) is 0 Å². The van der Waals surface area contributed by atoms with Crippen molar-refractivity contribution in [2.75, 3.05) is 26.2 Å². The summed E-state index contributed by atoms with van der Waals surface area (Å²) in [7, 11) is 0. The van der Waals surface area contributed by atoms with Gasteiger partial charge in [-0.25, -0.2) is 0 Å². The van der Waals surface area contributed by atoms with Crippen LogP contribution in [0.3, 0.4) is 0 Å². The third-order valence-corrected chi connectivity index (χ3v) is 2.75. The van der Waals surface area contributed by atoms with Crippen molar-refractivity contribution in [2.24, 2.45) is 0 Å². The van der Waals surface area contributed by atoms with Gasteiger partial charge in [-0.2, -0.15) is 0 Å². The lowest BCUT2D eigenvalue weighted by Crippen LogP contribution is -3.00. The van der Waals surface area contributed by atoms with Gasteiger partial charge in [0.25, 0.3) is 0 Å². The molecule has 2 nitrogen and oxygen atoms in total. The van der Waals surface area contributed by atoms with Crippen LogP contribution in [0.25, 0.3) is 0 Å². The molecule has 0 saturated carbocycles. The van der Waals surface area contributed by atoms with Crippen LogP contribution in [0.15, 0.2) is 0 Å². The number of halogens is 1. The summed E-state index contributed by atoms with van der Waals surface area (Å²) in [4.78, 5) is 0. The summed E-state index contributed by atoms with van der Waals surface area (Å²) in [6.45, 7) is 13.2. The zero-order valence-electron chi connectivity index (χ0n) is 10.8. The molecular weight excluding hydrogens is 210 g/mol. The normalized spacial score (nSPS) is 13.4. The highest BCUT2D eigenvalue weighted by Gasteiger charge is 2.26. The van der Waals surface area contributed by atoms with E-state index >= 15 is 0 Å². The SMILES string of the molecule is CCC[N+](CCC)(CCC)CC(C)O.[Cl-]. The van der Waals surface area contributed by atoms with E-state index in [1.807, 2.05) is 6.92 Å². The first-order valence-corrected chi connectivity index (χ1v) is 6.13. The second-order valence-electron chi connectivity index (χ2n) is 4.54. The number of quaternary nitrogens is 1. The van der Waals surface area contributed by atoms with E-state index in [1.165, 1.54) is 38.9 Å². The van der Waals surface area contributed by atoms with Gasteiger partial charge in [0.05, 0.1) is 19.6 Å². The summed E-state index contributed by atoms with van der Waals surface area (Å²) in [5.74, 6) is 0. The maximum absolute atomic E-state index is 9.55. The lowest BCUT2D eigenvalue weighted by Gasteiger charge is -2.39. The Morgan fingerprint density at radius 1 is 0.933 bits per heavy atom. The lowest BCUT2D eigenvalue weighted by atomic mass is 10.2. The molecule has 0 bridgehead atoms. The Morgan fingerprint density at radius 2 is 1.27 bits per heavy atom. The van der Waals surface area contributed by atoms with Crippen molar-refractivity contribution >= 4 is 0 Å². The predicted octanol–water partition coefficient (Wildman–Crippen LogP) is -0.582. The summed E-state index contributed by atoms with van der Waals surface area (Å²) in [5.41, 5.74) is 0. The van der Waals surface area contributed by atoms with E-state index in [0.717, 1.165) is 11.0 Å². The predicted molar refractivity (Wildman–Crippen MR) is 62.3 cm³/mol. The number of rotatable bonds is 8. The van der Waals surface area contributed by atoms with Crippen molar-refractivity contribution in [3.63, 3.8) is 0 Å². The van der Waals surface area contributed by atoms with Gasteiger partial charge in [0, 0.05) is 0 Å². The first-order chi connectivity index (χ1) is 6.60. The van der Waals surface area contributed by atoms with E-state index in [4.69, 9.17) is 0 Å². The first kappa shape index (κ1) is 17.6. The summed E-state index contributed by atoms with van der Waals surface area (Å²) in [5, 5.41) is 9.55. The van der Waals surface area contributed by atoms with Crippen LogP contribution in [0.1, 0.15) is 47.0 Å². The summed E-state index contributed by atoms with van der Waals surface area (Å²) in [6.07, 6.45) is 3.48. The number of nitrogens with zero attached hydrogens (tertiary/aromatic N) is 1. The van der Waals surface area contributed by atoms with Crippen molar-refractivity contribution in [3.05, 3.63) is 0 Å². The van der Waals surface area contributed by atoms with Gasteiger partial charge >= 0.3 is 0 Å². The van der Waals surface area contributed by atoms with Crippen LogP contribution >= 0.6 is 0 Å². The van der Waals surface area contributed by atoms with Crippen molar-refractivity contribution < 1.29 is 22.0 Å². The fourth-order valence-corrected chi connectivity index (χ4v) is 2.59. The second-order valence-corrected chi connectivity index (χ2v) is 4.54. The third-order valence-electron chi connectivity index (χ3n) is 2.75. The summed E-state index contributed by atoms with van der Waals surface area (Å²) >= 11 is 0. The molecule has 1 atom stereocenters. The Hall–Kier alpha value is 0.210. The van der Waals surface area contributed by atoms with Crippen LogP contribution in [0, 0.1) is 0 Å². The Morgan fingerprint density at radius 3 is 1.47 bits per heavy atom. The smallest absolute Gasteiger partial charge is 0.105 e. The van der Waals surface area contributed by atoms with Gasteiger partial charge in [0.2, 0.25) is 0 Å². The fourth-order valence-electron chi connectivity index (χ4n) is 2.59. The van der Waals surface area contributed by atoms with Crippen LogP contribution in [0.4, 0.5) is 0 Å². The molecule has 0 radical (unpaired) electrons. The van der Waals surface area contributed by atoms with Crippen LogP contribution in [0.5, 0.6) is 0 Å². The molecular formula is C12H28ClNO. The summed E-state index contributed by atoms with van der Waals surface area (Å²) < 4.78 is 1.11. The molecule has 0 aromatic heterocycles. The standard InChI is InChI=1S/C12H28NO.ClH/c1-5-8-13(9-6-2,10-7-3)11-12(4)14;/h12,14H,5-11H2,1-4H3;1H/q+1;/p-1. The van der Waals surface area contributed by atoms with Gasteiger partial charge in [-0.05, 0) is 26.2 Å². The highest BCUT2D eigenvalue weighted by atomic mass is 35.5. The molecule has 0 aliphatic rings. The zero-order chi connectivity index (χ0) is 11.0. The molecule has 94 valence electrons. The van der Waals surface area contributed by atoms with Gasteiger partial charge in [0.1, 0.15) is 12.6 Å². The minimum atomic E-state index is -0.167. The average Bonchev–Trinajstić information content (AvgIpc) is 2.03. The molecule has 3 heteroatoms. The lowest BCUT2D eigenvalue weighted by molar-refractivity contribution is -0.930. The monoisotopic (exact) mass is 237 g/mol. The molecule has 0 aromatic carbocycles. The van der Waals surface area contributed by atoms with E-state index < -0.39 is 0 Å². The van der Waals surface area contributed by atoms with Gasteiger partial charge in [-0.1, -0.05) is 20.8 Å². The molecule has 0 spiro atoms. The van der Waals surface area contributed by atoms with Crippen LogP contribution in [-0.2, 0) is 0 Å². The Labute approximate surface area is 102 Å². The van der Waals surface area contributed by atoms with E-state index in [0.29, 0.717) is 0 Å². The van der Waals surface area contributed by atoms with Crippen molar-refractivity contribution in [2.45, 2.75) is 53.1 Å². The van der Waals surface area contributed by atoms with Gasteiger partial charge in [-0.15, -0.1) is 0 Å². The first-order valence-electron chi connectivity index (χ1n) is 6.13. The van der Waals surface area contributed by atoms with E-state index in [1.54, 1.807) is 0 Å². The maximum atomic E-state index is 9.55. The zero-order valence-corrected chi connectivity index (χ0v) is 11.6. The Bertz CT molecular complexity index is 123. The number of aliphatic hydroxyl groups is 1. The molecule has 0 aliphatic carbocycles. The van der Waals surface area contributed by atoms with E-state index in [9.17, 15) is 5.11 Å². The maximum Gasteiger partial charge on any atom is 0.105 e. The second kappa shape index (κ2) is 9.44. The van der Waals surface area contributed by atoms with Crippen LogP contribution < -0.4 is 12.4 Å². The van der Waals surface area contributed by atoms with Crippen LogP contribution in [-0.4, -0.2) is 41.9 Å². The Balaban J connectivity index is 0. The largest absolute Gasteiger partial charge is 1.00 e. The number of hydrogen-bond donors (Lipinski definition) is 1. The highest BCUT2D eigenvalue weighted by Crippen LogP contribution is 2.12. The number of aliphatic hydroxyl groups excluding tert-OH is 1. The van der Waals surface area contributed by atoms with E-state index in [-0.39, 0.29) is 18.5 Å². The fraction of sp³-hybridized carbons (Fsp3) is 1.00. The molecule has 0 aromatic rings. The van der Waals surface area contributed by atoms with Gasteiger partial charge < -0.3 is 22.0 Å². The van der Waals surface area contributed by atoms with Gasteiger partial charge in [-0.3, -0.25) is 0 Å². The quantitative estimate of drug-likeness (QED) is 0.560. The topological polar surface area (TPSA) is 20.2 Å². The molecule has 0 rings (SSSR count). The minimum absolute atomic E-state index is 0. The summed E-state index contributed by atoms with van der Waals surface area (Å²) in [6, 6.07) is 0. The van der Waals surface area contributed by atoms with Crippen molar-refractivity contribution in [1.29, 1.82) is 0 Å². The molecule has 0 aliphatic heterocycles. The highest BCUT2D eigenvalue weighted by molar-refractivity contribution is 4.50. The molecule has 0 heterocycles. The molecule has 0 amide bonds. The van der Waals surface area contributed by atoms with Crippen molar-refractivity contribution in [3.8, 4) is 0 Å². The molecule has 15 heavy (non-hydrogen) atoms. The van der Waals surface area contributed by atoms with Crippen molar-refractivity contribution in [1.82, 2.24) is 0 Å². The Kier molecular flexibility index (Phi) is 11.1. The molecule has 1 N–H and O–H groups in total. The molecule has 1 unspecified atom stereocenters. The molecule has 0 saturated heterocycles. The van der Waals surface area contributed by atoms with E-state index in [2.05, 4.69) is 20.8 Å². The average molecular weight is 238 g/mol. The van der Waals surface area contributed by atoms with Gasteiger partial charge in [0.15, 0.2) is 0 Å². The minimum Gasteiger partial charge on any atom is -1.00 e.